The molecule has 21 heavy (non-hydrogen) atoms. The number of amides is 1. The van der Waals surface area contributed by atoms with Gasteiger partial charge in [-0.05, 0) is 30.9 Å². The summed E-state index contributed by atoms with van der Waals surface area (Å²) in [6.45, 7) is 3.69. The molecule has 0 atom stereocenters. The van der Waals surface area contributed by atoms with Gasteiger partial charge in [0.1, 0.15) is 5.75 Å². The van der Waals surface area contributed by atoms with Gasteiger partial charge in [0, 0.05) is 13.1 Å². The summed E-state index contributed by atoms with van der Waals surface area (Å²) in [4.78, 5) is 14.0. The molecule has 1 heterocycles. The number of hydrogen-bond donors (Lipinski definition) is 1. The number of carbonyl (C=O) groups excluding carboxylic acids is 1. The molecule has 0 bridgehead atoms. The molecular formula is C16H22N2O3. The molecule has 3 rings (SSSR count). The van der Waals surface area contributed by atoms with E-state index in [-0.39, 0.29) is 5.91 Å². The number of para-hydroxylation sites is 2. The van der Waals surface area contributed by atoms with Crippen LogP contribution in [-0.4, -0.2) is 50.3 Å². The molecular weight excluding hydrogens is 268 g/mol. The maximum absolute atomic E-state index is 12.1. The van der Waals surface area contributed by atoms with Gasteiger partial charge in [-0.2, -0.15) is 0 Å². The normalized spacial score (nSPS) is 18.4. The van der Waals surface area contributed by atoms with E-state index in [4.69, 9.17) is 9.47 Å². The van der Waals surface area contributed by atoms with Crippen LogP contribution < -0.4 is 10.1 Å². The third-order valence-corrected chi connectivity index (χ3v) is 3.85. The average Bonchev–Trinajstić information content (AvgIpc) is 3.36. The van der Waals surface area contributed by atoms with Crippen LogP contribution in [0.5, 0.6) is 5.75 Å². The first-order valence-electron chi connectivity index (χ1n) is 7.64. The summed E-state index contributed by atoms with van der Waals surface area (Å²) in [6.07, 6.45) is 2.54. The van der Waals surface area contributed by atoms with Gasteiger partial charge in [0.05, 0.1) is 32.1 Å². The molecule has 114 valence electrons. The fourth-order valence-electron chi connectivity index (χ4n) is 2.33. The van der Waals surface area contributed by atoms with E-state index in [1.165, 1.54) is 12.8 Å². The summed E-state index contributed by atoms with van der Waals surface area (Å²) in [6, 6.07) is 7.81. The van der Waals surface area contributed by atoms with E-state index in [0.717, 1.165) is 18.0 Å². The summed E-state index contributed by atoms with van der Waals surface area (Å²) < 4.78 is 11.1. The van der Waals surface area contributed by atoms with Crippen molar-refractivity contribution >= 4 is 11.6 Å². The van der Waals surface area contributed by atoms with Gasteiger partial charge in [0.15, 0.2) is 0 Å². The minimum absolute atomic E-state index is 0.107. The van der Waals surface area contributed by atoms with Crippen molar-refractivity contribution in [1.29, 1.82) is 0 Å². The summed E-state index contributed by atoms with van der Waals surface area (Å²) in [5.41, 5.74) is 0.889. The Morgan fingerprint density at radius 3 is 2.81 bits per heavy atom. The number of nitrogens with one attached hydrogen (secondary N) is 1. The number of rotatable bonds is 6. The fourth-order valence-corrected chi connectivity index (χ4v) is 2.33. The fraction of sp³-hybridized carbons (Fsp3) is 0.562. The third kappa shape index (κ3) is 4.11. The summed E-state index contributed by atoms with van der Waals surface area (Å²) in [7, 11) is 0. The van der Waals surface area contributed by atoms with Crippen LogP contribution in [0.25, 0.3) is 0 Å². The smallest absolute Gasteiger partial charge is 0.242 e. The lowest BCUT2D eigenvalue weighted by molar-refractivity contribution is -0.133. The lowest BCUT2D eigenvalue weighted by Crippen LogP contribution is -2.43. The molecule has 1 N–H and O–H groups in total. The Hall–Kier alpha value is -1.75. The van der Waals surface area contributed by atoms with Crippen LogP contribution in [0.2, 0.25) is 0 Å². The number of benzene rings is 1. The highest BCUT2D eigenvalue weighted by Crippen LogP contribution is 2.31. The summed E-state index contributed by atoms with van der Waals surface area (Å²) in [5.74, 6) is 1.66. The Labute approximate surface area is 125 Å². The summed E-state index contributed by atoms with van der Waals surface area (Å²) in [5, 5.41) is 3.20. The van der Waals surface area contributed by atoms with Crippen molar-refractivity contribution in [2.75, 3.05) is 44.8 Å². The first-order valence-corrected chi connectivity index (χ1v) is 7.64. The van der Waals surface area contributed by atoms with Gasteiger partial charge in [0.25, 0.3) is 0 Å². The number of anilines is 1. The quantitative estimate of drug-likeness (QED) is 0.867. The second-order valence-corrected chi connectivity index (χ2v) is 5.60. The Kier molecular flexibility index (Phi) is 4.60. The van der Waals surface area contributed by atoms with Gasteiger partial charge in [-0.3, -0.25) is 4.79 Å². The molecule has 5 nitrogen and oxygen atoms in total. The number of ether oxygens (including phenoxy) is 2. The van der Waals surface area contributed by atoms with Crippen molar-refractivity contribution in [3.8, 4) is 5.75 Å². The van der Waals surface area contributed by atoms with E-state index in [1.54, 1.807) is 0 Å². The zero-order valence-electron chi connectivity index (χ0n) is 12.2. The van der Waals surface area contributed by atoms with Crippen LogP contribution in [-0.2, 0) is 9.53 Å². The molecule has 0 unspecified atom stereocenters. The van der Waals surface area contributed by atoms with Crippen LogP contribution in [0.4, 0.5) is 5.69 Å². The van der Waals surface area contributed by atoms with Gasteiger partial charge in [-0.1, -0.05) is 12.1 Å². The predicted octanol–water partition coefficient (Wildman–Crippen LogP) is 1.75. The van der Waals surface area contributed by atoms with Crippen molar-refractivity contribution in [2.45, 2.75) is 12.8 Å². The summed E-state index contributed by atoms with van der Waals surface area (Å²) >= 11 is 0. The molecule has 1 aromatic carbocycles. The highest BCUT2D eigenvalue weighted by molar-refractivity contribution is 5.81. The maximum atomic E-state index is 12.1. The maximum Gasteiger partial charge on any atom is 0.242 e. The van der Waals surface area contributed by atoms with E-state index in [9.17, 15) is 4.79 Å². The minimum atomic E-state index is 0.107. The number of nitrogens with zero attached hydrogens (tertiary/aromatic N) is 1. The molecule has 1 saturated carbocycles. The van der Waals surface area contributed by atoms with E-state index in [1.807, 2.05) is 29.2 Å². The second-order valence-electron chi connectivity index (χ2n) is 5.60. The van der Waals surface area contributed by atoms with Gasteiger partial charge in [0.2, 0.25) is 5.91 Å². The number of morpholine rings is 1. The van der Waals surface area contributed by atoms with E-state index >= 15 is 0 Å². The molecule has 1 aliphatic heterocycles. The van der Waals surface area contributed by atoms with Crippen molar-refractivity contribution < 1.29 is 14.3 Å². The van der Waals surface area contributed by atoms with Crippen LogP contribution in [0.15, 0.2) is 24.3 Å². The number of hydrogen-bond acceptors (Lipinski definition) is 4. The van der Waals surface area contributed by atoms with Gasteiger partial charge >= 0.3 is 0 Å². The van der Waals surface area contributed by atoms with Gasteiger partial charge < -0.3 is 19.7 Å². The monoisotopic (exact) mass is 290 g/mol. The Bertz CT molecular complexity index is 482. The minimum Gasteiger partial charge on any atom is -0.491 e. The molecule has 0 spiro atoms. The van der Waals surface area contributed by atoms with Crippen molar-refractivity contribution in [2.24, 2.45) is 5.92 Å². The van der Waals surface area contributed by atoms with Crippen molar-refractivity contribution in [3.63, 3.8) is 0 Å². The molecule has 1 aromatic rings. The molecule has 2 aliphatic rings. The van der Waals surface area contributed by atoms with E-state index in [0.29, 0.717) is 38.8 Å². The van der Waals surface area contributed by atoms with Crippen LogP contribution in [0.3, 0.4) is 0 Å². The molecule has 0 radical (unpaired) electrons. The molecule has 1 amide bonds. The molecule has 0 aromatic heterocycles. The largest absolute Gasteiger partial charge is 0.491 e. The molecule has 2 fully saturated rings. The van der Waals surface area contributed by atoms with Crippen molar-refractivity contribution in [3.05, 3.63) is 24.3 Å². The first kappa shape index (κ1) is 14.2. The van der Waals surface area contributed by atoms with E-state index < -0.39 is 0 Å². The first-order chi connectivity index (χ1) is 10.3. The van der Waals surface area contributed by atoms with Crippen LogP contribution >= 0.6 is 0 Å². The molecule has 5 heteroatoms. The zero-order chi connectivity index (χ0) is 14.5. The second kappa shape index (κ2) is 6.80. The molecule has 1 saturated heterocycles. The Balaban J connectivity index is 1.52. The van der Waals surface area contributed by atoms with Gasteiger partial charge in [-0.25, -0.2) is 0 Å². The SMILES string of the molecule is O=C(CNc1ccccc1OCC1CC1)N1CCOCC1. The van der Waals surface area contributed by atoms with Gasteiger partial charge in [-0.15, -0.1) is 0 Å². The Morgan fingerprint density at radius 2 is 2.05 bits per heavy atom. The standard InChI is InChI=1S/C16H22N2O3/c19-16(18-7-9-20-10-8-18)11-17-14-3-1-2-4-15(14)21-12-13-5-6-13/h1-4,13,17H,5-12H2. The van der Waals surface area contributed by atoms with Crippen molar-refractivity contribution in [1.82, 2.24) is 4.90 Å². The third-order valence-electron chi connectivity index (χ3n) is 3.85. The van der Waals surface area contributed by atoms with Crippen LogP contribution in [0.1, 0.15) is 12.8 Å². The lowest BCUT2D eigenvalue weighted by atomic mass is 10.3. The topological polar surface area (TPSA) is 50.8 Å². The molecule has 1 aliphatic carbocycles. The average molecular weight is 290 g/mol. The zero-order valence-corrected chi connectivity index (χ0v) is 12.2. The van der Waals surface area contributed by atoms with E-state index in [2.05, 4.69) is 5.32 Å². The lowest BCUT2D eigenvalue weighted by Gasteiger charge is -2.27. The highest BCUT2D eigenvalue weighted by Gasteiger charge is 2.22. The Morgan fingerprint density at radius 1 is 1.29 bits per heavy atom. The predicted molar refractivity (Wildman–Crippen MR) is 80.5 cm³/mol. The van der Waals surface area contributed by atoms with Crippen LogP contribution in [0, 0.1) is 5.92 Å². The number of carbonyl (C=O) groups is 1. The highest BCUT2D eigenvalue weighted by atomic mass is 16.5.